The van der Waals surface area contributed by atoms with E-state index in [9.17, 15) is 31.9 Å². The molecule has 0 atom stereocenters. The van der Waals surface area contributed by atoms with Crippen molar-refractivity contribution in [2.45, 2.75) is 24.4 Å². The second kappa shape index (κ2) is 8.57. The zero-order valence-electron chi connectivity index (χ0n) is 18.7. The number of benzene rings is 1. The maximum absolute atomic E-state index is 14.2. The van der Waals surface area contributed by atoms with Gasteiger partial charge in [-0.1, -0.05) is 0 Å². The lowest BCUT2D eigenvalue weighted by atomic mass is 9.73. The molecule has 0 aliphatic carbocycles. The number of nitrogens with zero attached hydrogens (tertiary/aromatic N) is 4. The molecule has 0 unspecified atom stereocenters. The monoisotopic (exact) mass is 504 g/mol. The van der Waals surface area contributed by atoms with E-state index in [-0.39, 0.29) is 37.5 Å². The molecule has 3 amide bonds. The Bertz CT molecular complexity index is 1360. The minimum atomic E-state index is -4.59. The van der Waals surface area contributed by atoms with Crippen LogP contribution in [-0.2, 0) is 15.0 Å². The third-order valence-electron chi connectivity index (χ3n) is 6.65. The van der Waals surface area contributed by atoms with Crippen LogP contribution in [-0.4, -0.2) is 70.2 Å². The number of alkyl halides is 3. The van der Waals surface area contributed by atoms with Gasteiger partial charge in [0.2, 0.25) is 11.8 Å². The first-order valence-electron chi connectivity index (χ1n) is 11.1. The first-order chi connectivity index (χ1) is 17.1. The number of anilines is 1. The fourth-order valence-corrected chi connectivity index (χ4v) is 4.88. The minimum Gasteiger partial charge on any atom is -0.345 e. The smallest absolute Gasteiger partial charge is 0.345 e. The largest absolute Gasteiger partial charge is 0.405 e. The van der Waals surface area contributed by atoms with Crippen molar-refractivity contribution in [1.29, 1.82) is 0 Å². The number of aromatic amines is 1. The SMILES string of the molecule is O=C(CN1C(=O)C2(CCN(C(=O)c3cnc4[nH]ncc4c3)CC2)c2cc(F)ccc21)NCC(F)(F)F. The van der Waals surface area contributed by atoms with Crippen LogP contribution >= 0.6 is 0 Å². The lowest BCUT2D eigenvalue weighted by Crippen LogP contribution is -2.51. The van der Waals surface area contributed by atoms with Gasteiger partial charge in [-0.2, -0.15) is 18.3 Å². The Morgan fingerprint density at radius 1 is 1.14 bits per heavy atom. The van der Waals surface area contributed by atoms with Gasteiger partial charge in [-0.3, -0.25) is 19.5 Å². The van der Waals surface area contributed by atoms with Crippen LogP contribution in [0.1, 0.15) is 28.8 Å². The number of pyridine rings is 1. The molecule has 0 bridgehead atoms. The van der Waals surface area contributed by atoms with Crippen LogP contribution < -0.4 is 10.2 Å². The number of rotatable bonds is 4. The fraction of sp³-hybridized carbons (Fsp3) is 0.348. The van der Waals surface area contributed by atoms with Crippen LogP contribution in [0.25, 0.3) is 11.0 Å². The molecular formula is C23H20F4N6O3. The van der Waals surface area contributed by atoms with Crippen LogP contribution in [0.2, 0.25) is 0 Å². The Kier molecular flexibility index (Phi) is 5.64. The number of fused-ring (bicyclic) bond motifs is 3. The molecular weight excluding hydrogens is 484 g/mol. The van der Waals surface area contributed by atoms with Crippen LogP contribution in [0.4, 0.5) is 23.2 Å². The predicted octanol–water partition coefficient (Wildman–Crippen LogP) is 2.30. The van der Waals surface area contributed by atoms with E-state index in [1.807, 2.05) is 0 Å². The van der Waals surface area contributed by atoms with Gasteiger partial charge in [0.1, 0.15) is 18.9 Å². The molecule has 4 heterocycles. The van der Waals surface area contributed by atoms with Crippen molar-refractivity contribution in [3.63, 3.8) is 0 Å². The number of carbonyl (C=O) groups is 3. The third-order valence-corrected chi connectivity index (χ3v) is 6.65. The molecule has 2 aromatic heterocycles. The van der Waals surface area contributed by atoms with Crippen LogP contribution in [0, 0.1) is 5.82 Å². The van der Waals surface area contributed by atoms with Gasteiger partial charge < -0.3 is 15.1 Å². The van der Waals surface area contributed by atoms with Gasteiger partial charge in [-0.25, -0.2) is 9.37 Å². The summed E-state index contributed by atoms with van der Waals surface area (Å²) < 4.78 is 51.6. The van der Waals surface area contributed by atoms with Gasteiger partial charge in [-0.05, 0) is 42.7 Å². The second-order valence-electron chi connectivity index (χ2n) is 8.85. The highest BCUT2D eigenvalue weighted by Gasteiger charge is 2.53. The maximum Gasteiger partial charge on any atom is 0.405 e. The van der Waals surface area contributed by atoms with E-state index < -0.39 is 42.3 Å². The molecule has 3 aromatic rings. The summed E-state index contributed by atoms with van der Waals surface area (Å²) in [5.74, 6) is -2.35. The standard InChI is InChI=1S/C23H20F4N6O3/c24-15-1-2-17-16(8-15)22(21(36)33(17)11-18(34)29-12-23(25,26)27)3-5-32(6-4-22)20(35)14-7-13-10-30-31-19(13)28-9-14/h1-2,7-10H,3-6,11-12H2,(H,29,34)(H,28,30,31). The van der Waals surface area contributed by atoms with E-state index in [1.165, 1.54) is 18.3 Å². The lowest BCUT2D eigenvalue weighted by molar-refractivity contribution is -0.138. The summed E-state index contributed by atoms with van der Waals surface area (Å²) in [7, 11) is 0. The van der Waals surface area contributed by atoms with Crippen molar-refractivity contribution in [2.24, 2.45) is 0 Å². The molecule has 2 aliphatic rings. The van der Waals surface area contributed by atoms with Gasteiger partial charge in [0.25, 0.3) is 5.91 Å². The highest BCUT2D eigenvalue weighted by atomic mass is 19.4. The average molecular weight is 504 g/mol. The summed E-state index contributed by atoms with van der Waals surface area (Å²) in [6.07, 6.45) is -1.29. The molecule has 1 saturated heterocycles. The number of hydrogen-bond acceptors (Lipinski definition) is 5. The quantitative estimate of drug-likeness (QED) is 0.530. The number of carbonyl (C=O) groups excluding carboxylic acids is 3. The van der Waals surface area contributed by atoms with Crippen molar-refractivity contribution >= 4 is 34.4 Å². The van der Waals surface area contributed by atoms with Crippen molar-refractivity contribution in [2.75, 3.05) is 31.1 Å². The molecule has 2 aliphatic heterocycles. The molecule has 1 spiro atoms. The van der Waals surface area contributed by atoms with Gasteiger partial charge in [-0.15, -0.1) is 0 Å². The van der Waals surface area contributed by atoms with Crippen molar-refractivity contribution in [1.82, 2.24) is 25.4 Å². The van der Waals surface area contributed by atoms with Crippen molar-refractivity contribution in [3.8, 4) is 0 Å². The van der Waals surface area contributed by atoms with Crippen LogP contribution in [0.5, 0.6) is 0 Å². The van der Waals surface area contributed by atoms with E-state index in [0.717, 1.165) is 11.0 Å². The topological polar surface area (TPSA) is 111 Å². The second-order valence-corrected chi connectivity index (χ2v) is 8.85. The van der Waals surface area contributed by atoms with E-state index >= 15 is 0 Å². The molecule has 2 N–H and O–H groups in total. The Labute approximate surface area is 201 Å². The Hall–Kier alpha value is -4.03. The molecule has 0 radical (unpaired) electrons. The average Bonchev–Trinajstić information content (AvgIpc) is 3.40. The van der Waals surface area contributed by atoms with Gasteiger partial charge in [0, 0.05) is 30.4 Å². The van der Waals surface area contributed by atoms with E-state index in [1.54, 1.807) is 22.5 Å². The Balaban J connectivity index is 1.35. The first kappa shape index (κ1) is 23.7. The summed E-state index contributed by atoms with van der Waals surface area (Å²) in [6, 6.07) is 5.35. The summed E-state index contributed by atoms with van der Waals surface area (Å²) >= 11 is 0. The molecule has 1 fully saturated rings. The highest BCUT2D eigenvalue weighted by molar-refractivity contribution is 6.11. The lowest BCUT2D eigenvalue weighted by Gasteiger charge is -2.38. The maximum atomic E-state index is 14.2. The zero-order valence-corrected chi connectivity index (χ0v) is 18.7. The number of H-pyrrole nitrogens is 1. The molecule has 13 heteroatoms. The molecule has 36 heavy (non-hydrogen) atoms. The Morgan fingerprint density at radius 2 is 1.89 bits per heavy atom. The summed E-state index contributed by atoms with van der Waals surface area (Å²) in [5, 5.41) is 9.02. The number of halogens is 4. The minimum absolute atomic E-state index is 0.163. The van der Waals surface area contributed by atoms with Crippen molar-refractivity contribution < 1.29 is 31.9 Å². The number of likely N-dealkylation sites (tertiary alicyclic amines) is 1. The van der Waals surface area contributed by atoms with E-state index in [4.69, 9.17) is 0 Å². The zero-order chi connectivity index (χ0) is 25.7. The fourth-order valence-electron chi connectivity index (χ4n) is 4.88. The van der Waals surface area contributed by atoms with Crippen LogP contribution in [0.15, 0.2) is 36.7 Å². The number of aromatic nitrogens is 3. The summed E-state index contributed by atoms with van der Waals surface area (Å²) in [5.41, 5.74) is 0.346. The highest BCUT2D eigenvalue weighted by Crippen LogP contribution is 2.48. The first-order valence-corrected chi connectivity index (χ1v) is 11.1. The molecule has 188 valence electrons. The molecule has 5 rings (SSSR count). The normalized spacial score (nSPS) is 17.1. The molecule has 9 nitrogen and oxygen atoms in total. The summed E-state index contributed by atoms with van der Waals surface area (Å²) in [4.78, 5) is 45.6. The predicted molar refractivity (Wildman–Crippen MR) is 119 cm³/mol. The number of nitrogens with one attached hydrogen (secondary N) is 2. The van der Waals surface area contributed by atoms with E-state index in [2.05, 4.69) is 15.2 Å². The van der Waals surface area contributed by atoms with Gasteiger partial charge >= 0.3 is 6.18 Å². The van der Waals surface area contributed by atoms with Crippen LogP contribution in [0.3, 0.4) is 0 Å². The number of amides is 3. The third kappa shape index (κ3) is 4.14. The Morgan fingerprint density at radius 3 is 2.61 bits per heavy atom. The summed E-state index contributed by atoms with van der Waals surface area (Å²) in [6.45, 7) is -1.80. The number of hydrogen-bond donors (Lipinski definition) is 2. The van der Waals surface area contributed by atoms with Gasteiger partial charge in [0.05, 0.1) is 17.2 Å². The molecule has 0 saturated carbocycles. The van der Waals surface area contributed by atoms with Gasteiger partial charge in [0.15, 0.2) is 5.65 Å². The van der Waals surface area contributed by atoms with E-state index in [0.29, 0.717) is 22.2 Å². The molecule has 1 aromatic carbocycles. The van der Waals surface area contributed by atoms with Crippen molar-refractivity contribution in [3.05, 3.63) is 53.6 Å². The number of piperidine rings is 1.